The average Bonchev–Trinajstić information content (AvgIpc) is 2.46. The van der Waals surface area contributed by atoms with Crippen molar-refractivity contribution >= 4 is 5.91 Å². The molecule has 4 nitrogen and oxygen atoms in total. The van der Waals surface area contributed by atoms with Gasteiger partial charge in [0, 0.05) is 44.7 Å². The van der Waals surface area contributed by atoms with E-state index in [9.17, 15) is 4.79 Å². The van der Waals surface area contributed by atoms with Crippen molar-refractivity contribution < 1.29 is 4.79 Å². The van der Waals surface area contributed by atoms with Crippen LogP contribution in [0, 0.1) is 11.8 Å². The Kier molecular flexibility index (Phi) is 5.22. The summed E-state index contributed by atoms with van der Waals surface area (Å²) in [6, 6.07) is 0.438. The zero-order valence-electron chi connectivity index (χ0n) is 12.5. The highest BCUT2D eigenvalue weighted by molar-refractivity contribution is 5.79. The zero-order chi connectivity index (χ0) is 13.8. The standard InChI is InChI=1S/C15H29N3O/c1-12-3-5-14(6-4-12)15(19)18-9-7-17(8-10-18)13(2)11-16/h12-14H,3-11,16H2,1-2H3. The molecule has 2 aliphatic rings. The second kappa shape index (κ2) is 6.71. The van der Waals surface area contributed by atoms with Gasteiger partial charge in [0.25, 0.3) is 0 Å². The first-order chi connectivity index (χ1) is 9.11. The summed E-state index contributed by atoms with van der Waals surface area (Å²) in [5.41, 5.74) is 5.71. The molecule has 4 heteroatoms. The highest BCUT2D eigenvalue weighted by Gasteiger charge is 2.30. The summed E-state index contributed by atoms with van der Waals surface area (Å²) in [5, 5.41) is 0. The van der Waals surface area contributed by atoms with Crippen LogP contribution in [-0.4, -0.2) is 54.5 Å². The monoisotopic (exact) mass is 267 g/mol. The minimum absolute atomic E-state index is 0.301. The van der Waals surface area contributed by atoms with Crippen molar-refractivity contribution in [3.8, 4) is 0 Å². The van der Waals surface area contributed by atoms with E-state index in [0.717, 1.165) is 44.9 Å². The maximum atomic E-state index is 12.5. The molecule has 0 bridgehead atoms. The van der Waals surface area contributed by atoms with Gasteiger partial charge in [-0.3, -0.25) is 9.69 Å². The number of piperazine rings is 1. The summed E-state index contributed by atoms with van der Waals surface area (Å²) in [7, 11) is 0. The SMILES string of the molecule is CC1CCC(C(=O)N2CCN(C(C)CN)CC2)CC1. The molecule has 1 unspecified atom stereocenters. The van der Waals surface area contributed by atoms with Crippen LogP contribution >= 0.6 is 0 Å². The highest BCUT2D eigenvalue weighted by Crippen LogP contribution is 2.29. The molecule has 0 aromatic rings. The molecule has 0 aromatic carbocycles. The van der Waals surface area contributed by atoms with Gasteiger partial charge in [-0.15, -0.1) is 0 Å². The van der Waals surface area contributed by atoms with Crippen LogP contribution in [0.3, 0.4) is 0 Å². The molecule has 1 aliphatic heterocycles. The Morgan fingerprint density at radius 2 is 1.74 bits per heavy atom. The van der Waals surface area contributed by atoms with E-state index < -0.39 is 0 Å². The quantitative estimate of drug-likeness (QED) is 0.838. The van der Waals surface area contributed by atoms with Gasteiger partial charge in [0.1, 0.15) is 0 Å². The van der Waals surface area contributed by atoms with Crippen LogP contribution in [0.15, 0.2) is 0 Å². The van der Waals surface area contributed by atoms with Crippen LogP contribution in [-0.2, 0) is 4.79 Å². The summed E-state index contributed by atoms with van der Waals surface area (Å²) in [6.07, 6.45) is 4.64. The van der Waals surface area contributed by atoms with Crippen LogP contribution in [0.25, 0.3) is 0 Å². The first-order valence-electron chi connectivity index (χ1n) is 7.84. The predicted molar refractivity (Wildman–Crippen MR) is 77.8 cm³/mol. The Morgan fingerprint density at radius 1 is 1.16 bits per heavy atom. The first-order valence-corrected chi connectivity index (χ1v) is 7.84. The van der Waals surface area contributed by atoms with Crippen LogP contribution in [0.2, 0.25) is 0 Å². The fourth-order valence-corrected chi connectivity index (χ4v) is 3.30. The number of nitrogens with two attached hydrogens (primary N) is 1. The average molecular weight is 267 g/mol. The van der Waals surface area contributed by atoms with E-state index in [-0.39, 0.29) is 0 Å². The molecule has 1 heterocycles. The normalized spacial score (nSPS) is 31.2. The van der Waals surface area contributed by atoms with Crippen molar-refractivity contribution in [2.24, 2.45) is 17.6 Å². The third-order valence-corrected chi connectivity index (χ3v) is 4.96. The van der Waals surface area contributed by atoms with E-state index in [1.165, 1.54) is 12.8 Å². The lowest BCUT2D eigenvalue weighted by Crippen LogP contribution is -2.54. The Bertz CT molecular complexity index is 292. The van der Waals surface area contributed by atoms with Gasteiger partial charge in [-0.1, -0.05) is 6.92 Å². The zero-order valence-corrected chi connectivity index (χ0v) is 12.5. The number of carbonyl (C=O) groups excluding carboxylic acids is 1. The minimum Gasteiger partial charge on any atom is -0.340 e. The lowest BCUT2D eigenvalue weighted by atomic mass is 9.82. The smallest absolute Gasteiger partial charge is 0.225 e. The van der Waals surface area contributed by atoms with E-state index in [1.807, 2.05) is 0 Å². The molecule has 1 amide bonds. The molecular formula is C15H29N3O. The van der Waals surface area contributed by atoms with Crippen LogP contribution in [0.1, 0.15) is 39.5 Å². The van der Waals surface area contributed by atoms with Crippen molar-refractivity contribution in [2.45, 2.75) is 45.6 Å². The van der Waals surface area contributed by atoms with Crippen molar-refractivity contribution in [1.82, 2.24) is 9.80 Å². The van der Waals surface area contributed by atoms with Crippen molar-refractivity contribution in [1.29, 1.82) is 0 Å². The number of hydrogen-bond acceptors (Lipinski definition) is 3. The van der Waals surface area contributed by atoms with E-state index in [0.29, 0.717) is 24.4 Å². The lowest BCUT2D eigenvalue weighted by Gasteiger charge is -2.39. The number of nitrogens with zero attached hydrogens (tertiary/aromatic N) is 2. The van der Waals surface area contributed by atoms with E-state index >= 15 is 0 Å². The molecule has 2 fully saturated rings. The van der Waals surface area contributed by atoms with Gasteiger partial charge in [-0.25, -0.2) is 0 Å². The van der Waals surface area contributed by atoms with Gasteiger partial charge in [-0.2, -0.15) is 0 Å². The molecule has 2 rings (SSSR count). The lowest BCUT2D eigenvalue weighted by molar-refractivity contribution is -0.138. The minimum atomic E-state index is 0.301. The van der Waals surface area contributed by atoms with Crippen molar-refractivity contribution in [3.63, 3.8) is 0 Å². The number of amides is 1. The number of carbonyl (C=O) groups is 1. The van der Waals surface area contributed by atoms with Gasteiger partial charge < -0.3 is 10.6 Å². The molecule has 1 saturated heterocycles. The third-order valence-electron chi connectivity index (χ3n) is 4.96. The molecule has 19 heavy (non-hydrogen) atoms. The molecule has 1 atom stereocenters. The third kappa shape index (κ3) is 3.69. The van der Waals surface area contributed by atoms with Crippen LogP contribution in [0.4, 0.5) is 0 Å². The molecule has 110 valence electrons. The highest BCUT2D eigenvalue weighted by atomic mass is 16.2. The van der Waals surface area contributed by atoms with Gasteiger partial charge in [0.2, 0.25) is 5.91 Å². The number of hydrogen-bond donors (Lipinski definition) is 1. The molecular weight excluding hydrogens is 238 g/mol. The van der Waals surface area contributed by atoms with Gasteiger partial charge in [0.15, 0.2) is 0 Å². The fourth-order valence-electron chi connectivity index (χ4n) is 3.30. The number of rotatable bonds is 3. The van der Waals surface area contributed by atoms with Gasteiger partial charge >= 0.3 is 0 Å². The molecule has 0 spiro atoms. The van der Waals surface area contributed by atoms with Crippen LogP contribution < -0.4 is 5.73 Å². The Morgan fingerprint density at radius 3 is 2.26 bits per heavy atom. The van der Waals surface area contributed by atoms with Crippen molar-refractivity contribution in [2.75, 3.05) is 32.7 Å². The summed E-state index contributed by atoms with van der Waals surface area (Å²) < 4.78 is 0. The summed E-state index contributed by atoms with van der Waals surface area (Å²) in [4.78, 5) is 17.0. The Hall–Kier alpha value is -0.610. The second-order valence-electron chi connectivity index (χ2n) is 6.40. The molecule has 0 aromatic heterocycles. The Balaban J connectivity index is 1.79. The largest absolute Gasteiger partial charge is 0.340 e. The maximum absolute atomic E-state index is 12.5. The van der Waals surface area contributed by atoms with E-state index in [1.54, 1.807) is 0 Å². The second-order valence-corrected chi connectivity index (χ2v) is 6.40. The topological polar surface area (TPSA) is 49.6 Å². The first kappa shape index (κ1) is 14.8. The summed E-state index contributed by atoms with van der Waals surface area (Å²) in [6.45, 7) is 8.90. The van der Waals surface area contributed by atoms with Crippen LogP contribution in [0.5, 0.6) is 0 Å². The molecule has 1 saturated carbocycles. The molecule has 0 radical (unpaired) electrons. The maximum Gasteiger partial charge on any atom is 0.225 e. The molecule has 2 N–H and O–H groups in total. The summed E-state index contributed by atoms with van der Waals surface area (Å²) in [5.74, 6) is 1.52. The predicted octanol–water partition coefficient (Wildman–Crippen LogP) is 1.30. The fraction of sp³-hybridized carbons (Fsp3) is 0.933. The van der Waals surface area contributed by atoms with Gasteiger partial charge in [-0.05, 0) is 38.5 Å². The molecule has 1 aliphatic carbocycles. The van der Waals surface area contributed by atoms with Crippen molar-refractivity contribution in [3.05, 3.63) is 0 Å². The van der Waals surface area contributed by atoms with E-state index in [4.69, 9.17) is 5.73 Å². The summed E-state index contributed by atoms with van der Waals surface area (Å²) >= 11 is 0. The van der Waals surface area contributed by atoms with E-state index in [2.05, 4.69) is 23.6 Å². The van der Waals surface area contributed by atoms with Gasteiger partial charge in [0.05, 0.1) is 0 Å². The Labute approximate surface area is 117 Å².